The van der Waals surface area contributed by atoms with E-state index in [0.29, 0.717) is 31.4 Å². The first-order valence-corrected chi connectivity index (χ1v) is 20.7. The third-order valence-electron chi connectivity index (χ3n) is 6.93. The van der Waals surface area contributed by atoms with Crippen LogP contribution in [0.5, 0.6) is 11.5 Å². The number of benzene rings is 3. The first kappa shape index (κ1) is 34.5. The molecule has 3 aromatic carbocycles. The van der Waals surface area contributed by atoms with Crippen molar-refractivity contribution in [1.29, 1.82) is 21.0 Å². The van der Waals surface area contributed by atoms with Gasteiger partial charge >= 0.3 is 11.9 Å². The molecule has 240 valence electrons. The fourth-order valence-electron chi connectivity index (χ4n) is 4.92. The Morgan fingerprint density at radius 3 is 1.24 bits per heavy atom. The predicted octanol–water partition coefficient (Wildman–Crippen LogP) is 9.00. The molecular formula is C34H12N4O4S8. The van der Waals surface area contributed by atoms with Gasteiger partial charge in [0, 0.05) is 10.4 Å². The van der Waals surface area contributed by atoms with Gasteiger partial charge in [-0.3, -0.25) is 0 Å². The zero-order chi connectivity index (χ0) is 34.8. The number of carbonyl (C=O) groups is 2. The van der Waals surface area contributed by atoms with Gasteiger partial charge in [0.15, 0.2) is 0 Å². The lowest BCUT2D eigenvalue weighted by Gasteiger charge is -2.12. The summed E-state index contributed by atoms with van der Waals surface area (Å²) in [7, 11) is 0. The molecule has 0 bridgehead atoms. The number of rotatable bonds is 4. The summed E-state index contributed by atoms with van der Waals surface area (Å²) in [6, 6.07) is 17.0. The third kappa shape index (κ3) is 6.74. The highest BCUT2D eigenvalue weighted by molar-refractivity contribution is 8.34. The van der Waals surface area contributed by atoms with Crippen LogP contribution in [0.2, 0.25) is 0 Å². The molecule has 0 spiro atoms. The minimum atomic E-state index is -0.576. The highest BCUT2D eigenvalue weighted by atomic mass is 32.2. The van der Waals surface area contributed by atoms with Crippen LogP contribution >= 0.6 is 94.1 Å². The van der Waals surface area contributed by atoms with Crippen LogP contribution < -0.4 is 19.9 Å². The summed E-state index contributed by atoms with van der Waals surface area (Å²) in [5.41, 5.74) is -0.473. The third-order valence-corrected chi connectivity index (χ3v) is 16.9. The molecular weight excluding hydrogens is 785 g/mol. The van der Waals surface area contributed by atoms with Gasteiger partial charge in [0.2, 0.25) is 0 Å². The molecule has 0 radical (unpaired) electrons. The van der Waals surface area contributed by atoms with E-state index in [9.17, 15) is 30.6 Å². The number of esters is 2. The van der Waals surface area contributed by atoms with E-state index in [2.05, 4.69) is 0 Å². The van der Waals surface area contributed by atoms with Gasteiger partial charge in [0.25, 0.3) is 0 Å². The van der Waals surface area contributed by atoms with Crippen molar-refractivity contribution in [2.45, 2.75) is 0 Å². The summed E-state index contributed by atoms with van der Waals surface area (Å²) < 4.78 is 15.6. The first-order chi connectivity index (χ1) is 24.4. The molecule has 0 amide bonds. The molecule has 0 fully saturated rings. The number of nitriles is 4. The summed E-state index contributed by atoms with van der Waals surface area (Å²) >= 11 is 11.9. The van der Waals surface area contributed by atoms with Crippen molar-refractivity contribution in [3.63, 3.8) is 0 Å². The van der Waals surface area contributed by atoms with Gasteiger partial charge in [-0.05, 0) is 90.4 Å². The number of hydrogen-bond acceptors (Lipinski definition) is 16. The fraction of sp³-hybridized carbons (Fsp3) is 0. The Morgan fingerprint density at radius 2 is 0.880 bits per heavy atom. The molecule has 4 aliphatic heterocycles. The van der Waals surface area contributed by atoms with Crippen LogP contribution in [0.3, 0.4) is 0 Å². The molecule has 16 heteroatoms. The van der Waals surface area contributed by atoms with Gasteiger partial charge < -0.3 is 9.47 Å². The maximum atomic E-state index is 13.2. The predicted molar refractivity (Wildman–Crippen MR) is 210 cm³/mol. The lowest BCUT2D eigenvalue weighted by Crippen LogP contribution is -2.19. The maximum absolute atomic E-state index is 13.2. The standard InChI is InChI=1S/C34H12N4O4S8/c35-11-17(12-36)27-21-3-1-19(41-29(39)25-15-47-33(49-25)31-43-5-6-44-31)9-23(21)28(18(13-37)14-38)22-4-2-20(10-24(22)27)42-30(40)26-16-48-34(50-26)32-45-7-8-46-32/h1-10,15-16H. The summed E-state index contributed by atoms with van der Waals surface area (Å²) in [5, 5.41) is 53.2. The van der Waals surface area contributed by atoms with Crippen LogP contribution in [-0.4, -0.2) is 11.9 Å². The molecule has 8 nitrogen and oxygen atoms in total. The highest BCUT2D eigenvalue weighted by Crippen LogP contribution is 2.54. The summed E-state index contributed by atoms with van der Waals surface area (Å²) in [6.07, 6.45) is 0. The van der Waals surface area contributed by atoms with Gasteiger partial charge in [-0.25, -0.2) is 9.59 Å². The van der Waals surface area contributed by atoms with E-state index >= 15 is 0 Å². The van der Waals surface area contributed by atoms with Gasteiger partial charge in [0.1, 0.15) is 56.7 Å². The Labute approximate surface area is 318 Å². The molecule has 4 heterocycles. The van der Waals surface area contributed by atoms with E-state index in [-0.39, 0.29) is 33.1 Å². The monoisotopic (exact) mass is 796 g/mol. The SMILES string of the molecule is N#CC(C#N)=c1c2ccc(OC(=O)C3=CSC(=C4SC=CS4)S3)cc2c(=C(C#N)C#N)c2ccc(OC(=O)C3=CSC(=C4SC=CS4)S3)cc12. The Kier molecular flexibility index (Phi) is 10.4. The molecule has 4 aliphatic rings. The van der Waals surface area contributed by atoms with E-state index in [1.54, 1.807) is 70.0 Å². The average molecular weight is 797 g/mol. The number of thioether (sulfide) groups is 8. The second-order valence-corrected chi connectivity index (χ2v) is 18.3. The number of fused-ring (bicyclic) bond motifs is 2. The molecule has 0 N–H and O–H groups in total. The van der Waals surface area contributed by atoms with Gasteiger partial charge in [0.05, 0.1) is 16.9 Å². The number of carbonyl (C=O) groups excluding carboxylic acids is 2. The largest absolute Gasteiger partial charge is 0.423 e. The lowest BCUT2D eigenvalue weighted by molar-refractivity contribution is -0.130. The van der Waals surface area contributed by atoms with Crippen LogP contribution in [0.15, 0.2) is 95.6 Å². The van der Waals surface area contributed by atoms with Crippen molar-refractivity contribution < 1.29 is 19.1 Å². The maximum Gasteiger partial charge on any atom is 0.350 e. The van der Waals surface area contributed by atoms with Crippen LogP contribution in [0.25, 0.3) is 32.7 Å². The topological polar surface area (TPSA) is 148 Å². The van der Waals surface area contributed by atoms with E-state index in [1.165, 1.54) is 71.3 Å². The van der Waals surface area contributed by atoms with Crippen LogP contribution in [0.1, 0.15) is 0 Å². The molecule has 0 unspecified atom stereocenters. The van der Waals surface area contributed by atoms with Crippen LogP contribution in [0, 0.1) is 45.3 Å². The first-order valence-electron chi connectivity index (χ1n) is 13.8. The van der Waals surface area contributed by atoms with Crippen molar-refractivity contribution in [3.05, 3.63) is 106 Å². The van der Waals surface area contributed by atoms with E-state index in [1.807, 2.05) is 45.9 Å². The van der Waals surface area contributed by atoms with Gasteiger partial charge in [-0.1, -0.05) is 94.1 Å². The molecule has 3 aromatic rings. The van der Waals surface area contributed by atoms with Crippen molar-refractivity contribution in [2.75, 3.05) is 0 Å². The summed E-state index contributed by atoms with van der Waals surface area (Å²) in [5.74, 6) is -0.867. The average Bonchev–Trinajstić information content (AvgIpc) is 3.97. The molecule has 0 aliphatic carbocycles. The Hall–Kier alpha value is -3.94. The van der Waals surface area contributed by atoms with E-state index in [4.69, 9.17) is 9.47 Å². The van der Waals surface area contributed by atoms with Gasteiger partial charge in [-0.2, -0.15) is 21.0 Å². The fourth-order valence-corrected chi connectivity index (χ4v) is 13.5. The van der Waals surface area contributed by atoms with Crippen molar-refractivity contribution in [3.8, 4) is 35.8 Å². The lowest BCUT2D eigenvalue weighted by atomic mass is 9.93. The zero-order valence-electron chi connectivity index (χ0n) is 24.6. The number of ether oxygens (including phenoxy) is 2. The molecule has 0 atom stereocenters. The van der Waals surface area contributed by atoms with Crippen LogP contribution in [0.4, 0.5) is 0 Å². The van der Waals surface area contributed by atoms with Crippen molar-refractivity contribution in [1.82, 2.24) is 0 Å². The van der Waals surface area contributed by atoms with Crippen molar-refractivity contribution in [2.24, 2.45) is 0 Å². The smallest absolute Gasteiger partial charge is 0.350 e. The number of nitrogens with zero attached hydrogens (tertiary/aromatic N) is 4. The molecule has 50 heavy (non-hydrogen) atoms. The molecule has 7 rings (SSSR count). The van der Waals surface area contributed by atoms with Crippen LogP contribution in [-0.2, 0) is 9.59 Å². The quantitative estimate of drug-likeness (QED) is 0.140. The Morgan fingerprint density at radius 1 is 0.500 bits per heavy atom. The minimum absolute atomic E-state index is 0.143. The summed E-state index contributed by atoms with van der Waals surface area (Å²) in [6.45, 7) is 0. The molecule has 0 saturated carbocycles. The summed E-state index contributed by atoms with van der Waals surface area (Å²) in [4.78, 5) is 27.2. The van der Waals surface area contributed by atoms with E-state index in [0.717, 1.165) is 16.9 Å². The van der Waals surface area contributed by atoms with Crippen molar-refractivity contribution >= 4 is 139 Å². The molecule has 0 saturated heterocycles. The van der Waals surface area contributed by atoms with E-state index < -0.39 is 11.9 Å². The molecule has 0 aromatic heterocycles. The van der Waals surface area contributed by atoms with Gasteiger partial charge in [-0.15, -0.1) is 0 Å². The zero-order valence-corrected chi connectivity index (χ0v) is 31.1. The highest BCUT2D eigenvalue weighted by Gasteiger charge is 2.26. The minimum Gasteiger partial charge on any atom is -0.423 e. The second-order valence-electron chi connectivity index (χ2n) is 9.71. The Balaban J connectivity index is 1.30. The Bertz CT molecular complexity index is 2360. The normalized spacial score (nSPS) is 16.2. The number of hydrogen-bond donors (Lipinski definition) is 0. The second kappa shape index (κ2) is 15.1.